The van der Waals surface area contributed by atoms with Gasteiger partial charge in [0.15, 0.2) is 0 Å². The molecule has 148 valence electrons. The molecule has 0 spiro atoms. The molecule has 2 nitrogen and oxygen atoms in total. The maximum atomic E-state index is 8.64. The summed E-state index contributed by atoms with van der Waals surface area (Å²) in [6.07, 6.45) is 0. The molecule has 0 saturated heterocycles. The molecule has 0 aromatic heterocycles. The summed E-state index contributed by atoms with van der Waals surface area (Å²) in [5, 5.41) is 11.2. The molecule has 2 heteroatoms. The first-order valence-corrected chi connectivity index (χ1v) is 9.44. The number of hydrogen-bond donors (Lipinski definition) is 0. The highest BCUT2D eigenvalue weighted by Crippen LogP contribution is 2.31. The summed E-state index contributed by atoms with van der Waals surface area (Å²) < 4.78 is 5.41. The third kappa shape index (κ3) is 5.60. The highest BCUT2D eigenvalue weighted by Gasteiger charge is 2.08. The third-order valence-corrected chi connectivity index (χ3v) is 4.74. The van der Waals surface area contributed by atoms with Crippen molar-refractivity contribution < 1.29 is 4.74 Å². The maximum Gasteiger partial charge on any atom is 0.122 e. The Morgan fingerprint density at radius 1 is 0.821 bits per heavy atom. The molecule has 0 atom stereocenters. The molecular formula is C26H33NO. The first-order valence-electron chi connectivity index (χ1n) is 9.44. The van der Waals surface area contributed by atoms with Gasteiger partial charge in [0.1, 0.15) is 5.75 Å². The van der Waals surface area contributed by atoms with Crippen LogP contribution in [0, 0.1) is 18.3 Å². The SMILES string of the molecule is C.COc1cc2ccccc2cc1C(C)C.Cc1cc(C#N)ccc1C(C)C. The van der Waals surface area contributed by atoms with E-state index in [-0.39, 0.29) is 7.43 Å². The van der Waals surface area contributed by atoms with Crippen LogP contribution in [0.5, 0.6) is 5.75 Å². The Labute approximate surface area is 170 Å². The number of fused-ring (bicyclic) bond motifs is 1. The summed E-state index contributed by atoms with van der Waals surface area (Å²) in [7, 11) is 1.73. The van der Waals surface area contributed by atoms with Gasteiger partial charge in [-0.25, -0.2) is 0 Å². The van der Waals surface area contributed by atoms with E-state index in [2.05, 4.69) is 77.1 Å². The van der Waals surface area contributed by atoms with Gasteiger partial charge in [0, 0.05) is 0 Å². The normalized spacial score (nSPS) is 10.1. The van der Waals surface area contributed by atoms with Gasteiger partial charge in [-0.05, 0) is 70.5 Å². The lowest BCUT2D eigenvalue weighted by atomic mass is 9.97. The number of methoxy groups -OCH3 is 1. The van der Waals surface area contributed by atoms with Gasteiger partial charge in [0.05, 0.1) is 18.7 Å². The zero-order valence-corrected chi connectivity index (χ0v) is 17.2. The van der Waals surface area contributed by atoms with Crippen molar-refractivity contribution in [3.8, 4) is 11.8 Å². The van der Waals surface area contributed by atoms with Gasteiger partial charge in [0.2, 0.25) is 0 Å². The summed E-state index contributed by atoms with van der Waals surface area (Å²) in [6.45, 7) is 10.7. The van der Waals surface area contributed by atoms with Gasteiger partial charge in [-0.1, -0.05) is 65.5 Å². The van der Waals surface area contributed by atoms with E-state index < -0.39 is 0 Å². The second-order valence-corrected chi connectivity index (χ2v) is 7.43. The molecule has 28 heavy (non-hydrogen) atoms. The second kappa shape index (κ2) is 10.5. The smallest absolute Gasteiger partial charge is 0.122 e. The Balaban J connectivity index is 0.000000277. The lowest BCUT2D eigenvalue weighted by Gasteiger charge is -2.13. The van der Waals surface area contributed by atoms with E-state index in [0.717, 1.165) is 11.3 Å². The summed E-state index contributed by atoms with van der Waals surface area (Å²) in [4.78, 5) is 0. The van der Waals surface area contributed by atoms with Gasteiger partial charge >= 0.3 is 0 Å². The minimum Gasteiger partial charge on any atom is -0.496 e. The molecule has 0 bridgehead atoms. The Morgan fingerprint density at radius 3 is 1.86 bits per heavy atom. The average molecular weight is 376 g/mol. The maximum absolute atomic E-state index is 8.64. The molecule has 0 heterocycles. The molecule has 0 saturated carbocycles. The molecule has 0 unspecified atom stereocenters. The van der Waals surface area contributed by atoms with E-state index >= 15 is 0 Å². The molecule has 0 amide bonds. The first kappa shape index (κ1) is 23.2. The lowest BCUT2D eigenvalue weighted by molar-refractivity contribution is 0.408. The highest BCUT2D eigenvalue weighted by atomic mass is 16.5. The molecule has 3 aromatic carbocycles. The summed E-state index contributed by atoms with van der Waals surface area (Å²) >= 11 is 0. The molecular weight excluding hydrogens is 342 g/mol. The molecule has 3 rings (SSSR count). The van der Waals surface area contributed by atoms with Crippen LogP contribution in [0.2, 0.25) is 0 Å². The molecule has 0 aliphatic carbocycles. The number of aryl methyl sites for hydroxylation is 1. The lowest BCUT2D eigenvalue weighted by Crippen LogP contribution is -1.94. The van der Waals surface area contributed by atoms with E-state index in [1.807, 2.05) is 18.2 Å². The monoisotopic (exact) mass is 375 g/mol. The van der Waals surface area contributed by atoms with Crippen molar-refractivity contribution in [1.82, 2.24) is 0 Å². The Kier molecular flexibility index (Phi) is 8.74. The van der Waals surface area contributed by atoms with Crippen LogP contribution in [0.1, 0.15) is 69.2 Å². The zero-order valence-electron chi connectivity index (χ0n) is 17.2. The number of rotatable bonds is 3. The minimum absolute atomic E-state index is 0. The summed E-state index contributed by atoms with van der Waals surface area (Å²) in [6, 6.07) is 20.7. The first-order chi connectivity index (χ1) is 12.9. The van der Waals surface area contributed by atoms with Crippen LogP contribution in [-0.4, -0.2) is 7.11 Å². The Morgan fingerprint density at radius 2 is 1.39 bits per heavy atom. The van der Waals surface area contributed by atoms with Crippen molar-refractivity contribution in [2.75, 3.05) is 7.11 Å². The fourth-order valence-corrected chi connectivity index (χ4v) is 3.26. The van der Waals surface area contributed by atoms with E-state index in [1.165, 1.54) is 27.5 Å². The van der Waals surface area contributed by atoms with Crippen molar-refractivity contribution >= 4 is 10.8 Å². The van der Waals surface area contributed by atoms with Crippen molar-refractivity contribution in [3.05, 3.63) is 76.9 Å². The van der Waals surface area contributed by atoms with Crippen LogP contribution in [0.25, 0.3) is 10.8 Å². The van der Waals surface area contributed by atoms with E-state index in [0.29, 0.717) is 11.8 Å². The molecule has 0 aliphatic heterocycles. The number of nitriles is 1. The van der Waals surface area contributed by atoms with Crippen LogP contribution < -0.4 is 4.74 Å². The van der Waals surface area contributed by atoms with Crippen LogP contribution in [0.4, 0.5) is 0 Å². The summed E-state index contributed by atoms with van der Waals surface area (Å²) in [5.41, 5.74) is 4.56. The van der Waals surface area contributed by atoms with Gasteiger partial charge in [-0.2, -0.15) is 5.26 Å². The highest BCUT2D eigenvalue weighted by molar-refractivity contribution is 5.85. The molecule has 0 aliphatic rings. The fourth-order valence-electron chi connectivity index (χ4n) is 3.26. The van der Waals surface area contributed by atoms with Gasteiger partial charge in [-0.3, -0.25) is 0 Å². The average Bonchev–Trinajstić information content (AvgIpc) is 2.66. The van der Waals surface area contributed by atoms with Crippen LogP contribution in [0.15, 0.2) is 54.6 Å². The Bertz CT molecular complexity index is 948. The number of benzene rings is 3. The van der Waals surface area contributed by atoms with Crippen molar-refractivity contribution in [1.29, 1.82) is 5.26 Å². The van der Waals surface area contributed by atoms with Crippen LogP contribution >= 0.6 is 0 Å². The molecule has 0 N–H and O–H groups in total. The second-order valence-electron chi connectivity index (χ2n) is 7.43. The van der Waals surface area contributed by atoms with Crippen molar-refractivity contribution in [3.63, 3.8) is 0 Å². The number of ether oxygens (including phenoxy) is 1. The van der Waals surface area contributed by atoms with E-state index in [9.17, 15) is 0 Å². The van der Waals surface area contributed by atoms with Crippen molar-refractivity contribution in [2.24, 2.45) is 0 Å². The topological polar surface area (TPSA) is 33.0 Å². The van der Waals surface area contributed by atoms with E-state index in [4.69, 9.17) is 10.00 Å². The standard InChI is InChI=1S/C14H16O.C11H13N.CH4/c1-10(2)13-8-11-6-4-5-7-12(11)9-14(13)15-3;1-8(2)11-5-4-10(7-12)6-9(11)3;/h4-10H,1-3H3;4-6,8H,1-3H3;1H4. The molecule has 0 fully saturated rings. The summed E-state index contributed by atoms with van der Waals surface area (Å²) in [5.74, 6) is 2.02. The predicted molar refractivity (Wildman–Crippen MR) is 121 cm³/mol. The van der Waals surface area contributed by atoms with Crippen LogP contribution in [0.3, 0.4) is 0 Å². The van der Waals surface area contributed by atoms with Gasteiger partial charge in [-0.15, -0.1) is 0 Å². The minimum atomic E-state index is 0. The largest absolute Gasteiger partial charge is 0.496 e. The van der Waals surface area contributed by atoms with Crippen LogP contribution in [-0.2, 0) is 0 Å². The van der Waals surface area contributed by atoms with Gasteiger partial charge < -0.3 is 4.74 Å². The Hall–Kier alpha value is -2.79. The van der Waals surface area contributed by atoms with Gasteiger partial charge in [0.25, 0.3) is 0 Å². The third-order valence-electron chi connectivity index (χ3n) is 4.74. The fraction of sp³-hybridized carbons (Fsp3) is 0.346. The van der Waals surface area contributed by atoms with Crippen molar-refractivity contribution in [2.45, 2.75) is 53.9 Å². The molecule has 0 radical (unpaired) electrons. The predicted octanol–water partition coefficient (Wildman–Crippen LogP) is 7.60. The van der Waals surface area contributed by atoms with E-state index in [1.54, 1.807) is 7.11 Å². The zero-order chi connectivity index (χ0) is 20.0. The number of nitrogens with zero attached hydrogens (tertiary/aromatic N) is 1. The number of hydrogen-bond acceptors (Lipinski definition) is 2. The molecule has 3 aromatic rings. The quantitative estimate of drug-likeness (QED) is 0.472.